The number of nitrogens with zero attached hydrogens (tertiary/aromatic N) is 2. The van der Waals surface area contributed by atoms with E-state index in [0.29, 0.717) is 21.6 Å². The molecule has 0 spiro atoms. The van der Waals surface area contributed by atoms with Gasteiger partial charge in [0.25, 0.3) is 0 Å². The van der Waals surface area contributed by atoms with Crippen LogP contribution in [0.4, 0.5) is 19.0 Å². The Kier molecular flexibility index (Phi) is 3.66. The van der Waals surface area contributed by atoms with Crippen molar-refractivity contribution >= 4 is 28.5 Å². The fraction of sp³-hybridized carbons (Fsp3) is 0.143. The average molecular weight is 327 g/mol. The maximum atomic E-state index is 12.4. The van der Waals surface area contributed by atoms with Crippen LogP contribution in [-0.2, 0) is 0 Å². The number of nitrogens with one attached hydrogen (secondary N) is 2. The fourth-order valence-electron chi connectivity index (χ4n) is 2.16. The first-order valence-electron chi connectivity index (χ1n) is 6.33. The Morgan fingerprint density at radius 3 is 2.77 bits per heavy atom. The first-order valence-corrected chi connectivity index (χ1v) is 6.70. The number of halogens is 4. The highest BCUT2D eigenvalue weighted by molar-refractivity contribution is 6.30. The van der Waals surface area contributed by atoms with Crippen molar-refractivity contribution in [2.45, 2.75) is 6.18 Å². The third-order valence-electron chi connectivity index (χ3n) is 3.06. The Balaban J connectivity index is 2.08. The number of benzene rings is 1. The van der Waals surface area contributed by atoms with Crippen LogP contribution in [0.15, 0.2) is 36.8 Å². The molecule has 0 atom stereocenters. The SMILES string of the molecule is FC(F)(F)CNc1ncnc2[nH]cc(-c3cccc(Cl)c3)c12. The molecule has 0 fully saturated rings. The van der Waals surface area contributed by atoms with Gasteiger partial charge in [0.1, 0.15) is 24.3 Å². The molecule has 2 heterocycles. The molecule has 1 aromatic carbocycles. The molecular weight excluding hydrogens is 317 g/mol. The van der Waals surface area contributed by atoms with Crippen molar-refractivity contribution in [2.24, 2.45) is 0 Å². The van der Waals surface area contributed by atoms with E-state index in [1.165, 1.54) is 6.33 Å². The van der Waals surface area contributed by atoms with Gasteiger partial charge in [-0.25, -0.2) is 9.97 Å². The summed E-state index contributed by atoms with van der Waals surface area (Å²) >= 11 is 5.97. The van der Waals surface area contributed by atoms with Crippen molar-refractivity contribution in [3.63, 3.8) is 0 Å². The standard InChI is InChI=1S/C14H10ClF3N4/c15-9-3-1-2-8(4-9)10-5-19-12-11(10)13(22-7-21-12)20-6-14(16,17)18/h1-5,7H,6H2,(H2,19,20,21,22). The minimum absolute atomic E-state index is 0.124. The molecule has 0 aliphatic rings. The molecule has 0 radical (unpaired) electrons. The summed E-state index contributed by atoms with van der Waals surface area (Å²) in [5, 5.41) is 3.34. The predicted octanol–water partition coefficient (Wildman–Crippen LogP) is 4.25. The van der Waals surface area contributed by atoms with Crippen LogP contribution in [0.3, 0.4) is 0 Å². The van der Waals surface area contributed by atoms with Gasteiger partial charge in [-0.3, -0.25) is 0 Å². The summed E-state index contributed by atoms with van der Waals surface area (Å²) in [6.07, 6.45) is -1.45. The van der Waals surface area contributed by atoms with Crippen LogP contribution in [-0.4, -0.2) is 27.7 Å². The second kappa shape index (κ2) is 5.49. The van der Waals surface area contributed by atoms with Crippen LogP contribution in [0, 0.1) is 0 Å². The lowest BCUT2D eigenvalue weighted by Crippen LogP contribution is -2.21. The van der Waals surface area contributed by atoms with E-state index in [9.17, 15) is 13.2 Å². The van der Waals surface area contributed by atoms with E-state index in [4.69, 9.17) is 11.6 Å². The smallest absolute Gasteiger partial charge is 0.360 e. The predicted molar refractivity (Wildman–Crippen MR) is 78.9 cm³/mol. The van der Waals surface area contributed by atoms with Crippen molar-refractivity contribution in [3.8, 4) is 11.1 Å². The van der Waals surface area contributed by atoms with Gasteiger partial charge in [0.15, 0.2) is 0 Å². The van der Waals surface area contributed by atoms with E-state index in [1.807, 2.05) is 6.07 Å². The minimum Gasteiger partial charge on any atom is -0.360 e. The highest BCUT2D eigenvalue weighted by atomic mass is 35.5. The van der Waals surface area contributed by atoms with E-state index in [0.717, 1.165) is 5.56 Å². The van der Waals surface area contributed by atoms with E-state index in [1.54, 1.807) is 24.4 Å². The van der Waals surface area contributed by atoms with Crippen LogP contribution in [0.5, 0.6) is 0 Å². The second-order valence-corrected chi connectivity index (χ2v) is 5.06. The Labute approximate surface area is 128 Å². The van der Waals surface area contributed by atoms with Crippen molar-refractivity contribution in [1.82, 2.24) is 15.0 Å². The number of aromatic nitrogens is 3. The molecule has 22 heavy (non-hydrogen) atoms. The van der Waals surface area contributed by atoms with Gasteiger partial charge in [0.2, 0.25) is 0 Å². The maximum absolute atomic E-state index is 12.4. The third kappa shape index (κ3) is 2.99. The molecule has 0 saturated carbocycles. The van der Waals surface area contributed by atoms with Gasteiger partial charge in [-0.1, -0.05) is 23.7 Å². The molecule has 0 bridgehead atoms. The number of hydrogen-bond acceptors (Lipinski definition) is 3. The Morgan fingerprint density at radius 1 is 1.23 bits per heavy atom. The molecule has 3 rings (SSSR count). The summed E-state index contributed by atoms with van der Waals surface area (Å²) in [5.74, 6) is 0.124. The number of rotatable bonds is 3. The topological polar surface area (TPSA) is 53.6 Å². The lowest BCUT2D eigenvalue weighted by Gasteiger charge is -2.10. The Morgan fingerprint density at radius 2 is 2.05 bits per heavy atom. The van der Waals surface area contributed by atoms with Crippen LogP contribution < -0.4 is 5.32 Å². The molecule has 0 unspecified atom stereocenters. The normalized spacial score (nSPS) is 11.8. The number of anilines is 1. The summed E-state index contributed by atoms with van der Waals surface area (Å²) in [6.45, 7) is -1.17. The summed E-state index contributed by atoms with van der Waals surface area (Å²) in [6, 6.07) is 7.03. The highest BCUT2D eigenvalue weighted by Gasteiger charge is 2.27. The molecule has 4 nitrogen and oxygen atoms in total. The van der Waals surface area contributed by atoms with Gasteiger partial charge in [-0.05, 0) is 17.7 Å². The molecular formula is C14H10ClF3N4. The summed E-state index contributed by atoms with van der Waals surface area (Å²) in [7, 11) is 0. The third-order valence-corrected chi connectivity index (χ3v) is 3.30. The molecule has 0 saturated heterocycles. The average Bonchev–Trinajstić information content (AvgIpc) is 2.89. The second-order valence-electron chi connectivity index (χ2n) is 4.63. The van der Waals surface area contributed by atoms with Crippen LogP contribution >= 0.6 is 11.6 Å². The van der Waals surface area contributed by atoms with Gasteiger partial charge in [-0.15, -0.1) is 0 Å². The van der Waals surface area contributed by atoms with Crippen LogP contribution in [0.1, 0.15) is 0 Å². The lowest BCUT2D eigenvalue weighted by molar-refractivity contribution is -0.115. The van der Waals surface area contributed by atoms with Gasteiger partial charge in [0, 0.05) is 16.8 Å². The fourth-order valence-corrected chi connectivity index (χ4v) is 2.35. The van der Waals surface area contributed by atoms with Crippen molar-refractivity contribution in [3.05, 3.63) is 41.8 Å². The zero-order chi connectivity index (χ0) is 15.7. The molecule has 0 aliphatic heterocycles. The minimum atomic E-state index is -4.33. The van der Waals surface area contributed by atoms with Gasteiger partial charge in [0.05, 0.1) is 5.39 Å². The van der Waals surface area contributed by atoms with E-state index in [2.05, 4.69) is 20.3 Å². The molecule has 114 valence electrons. The van der Waals surface area contributed by atoms with Crippen molar-refractivity contribution in [1.29, 1.82) is 0 Å². The number of alkyl halides is 3. The molecule has 0 aliphatic carbocycles. The van der Waals surface area contributed by atoms with Crippen molar-refractivity contribution in [2.75, 3.05) is 11.9 Å². The van der Waals surface area contributed by atoms with E-state index in [-0.39, 0.29) is 5.82 Å². The summed E-state index contributed by atoms with van der Waals surface area (Å²) in [4.78, 5) is 10.9. The van der Waals surface area contributed by atoms with Gasteiger partial charge in [-0.2, -0.15) is 13.2 Å². The first kappa shape index (κ1) is 14.6. The highest BCUT2D eigenvalue weighted by Crippen LogP contribution is 2.33. The number of aromatic amines is 1. The monoisotopic (exact) mass is 326 g/mol. The Bertz CT molecular complexity index is 813. The van der Waals surface area contributed by atoms with Crippen LogP contribution in [0.25, 0.3) is 22.2 Å². The molecule has 2 N–H and O–H groups in total. The zero-order valence-electron chi connectivity index (χ0n) is 11.1. The molecule has 3 aromatic rings. The number of H-pyrrole nitrogens is 1. The molecule has 0 amide bonds. The quantitative estimate of drug-likeness (QED) is 0.756. The Hall–Kier alpha value is -2.28. The lowest BCUT2D eigenvalue weighted by atomic mass is 10.1. The summed E-state index contributed by atoms with van der Waals surface area (Å²) < 4.78 is 37.2. The van der Waals surface area contributed by atoms with E-state index >= 15 is 0 Å². The first-order chi connectivity index (χ1) is 10.4. The summed E-state index contributed by atoms with van der Waals surface area (Å²) in [5.41, 5.74) is 1.90. The zero-order valence-corrected chi connectivity index (χ0v) is 11.8. The molecule has 8 heteroatoms. The van der Waals surface area contributed by atoms with Crippen LogP contribution in [0.2, 0.25) is 5.02 Å². The molecule has 2 aromatic heterocycles. The van der Waals surface area contributed by atoms with E-state index < -0.39 is 12.7 Å². The number of hydrogen-bond donors (Lipinski definition) is 2. The maximum Gasteiger partial charge on any atom is 0.405 e. The van der Waals surface area contributed by atoms with Gasteiger partial charge < -0.3 is 10.3 Å². The van der Waals surface area contributed by atoms with Gasteiger partial charge >= 0.3 is 6.18 Å². The van der Waals surface area contributed by atoms with Crippen molar-refractivity contribution < 1.29 is 13.2 Å². The largest absolute Gasteiger partial charge is 0.405 e. The number of fused-ring (bicyclic) bond motifs is 1.